The predicted molar refractivity (Wildman–Crippen MR) is 86.9 cm³/mol. The standard InChI is InChI=1S/C18H28N2O/c1-2-3-11-20(13-16-8-6-10-19-16)14-17-12-15-7-4-5-9-18(15)21-17/h4-5,7,9,16-17,19H,2-3,6,8,10-14H2,1H3. The molecule has 2 atom stereocenters. The number of nitrogens with zero attached hydrogens (tertiary/aromatic N) is 1. The predicted octanol–water partition coefficient (Wildman–Crippen LogP) is 2.84. The van der Waals surface area contributed by atoms with Gasteiger partial charge in [0, 0.05) is 25.6 Å². The highest BCUT2D eigenvalue weighted by Gasteiger charge is 2.26. The highest BCUT2D eigenvalue weighted by molar-refractivity contribution is 5.37. The number of benzene rings is 1. The maximum atomic E-state index is 6.12. The lowest BCUT2D eigenvalue weighted by Gasteiger charge is -2.28. The van der Waals surface area contributed by atoms with Crippen molar-refractivity contribution in [3.63, 3.8) is 0 Å². The van der Waals surface area contributed by atoms with Crippen molar-refractivity contribution >= 4 is 0 Å². The van der Waals surface area contributed by atoms with Gasteiger partial charge in [-0.15, -0.1) is 0 Å². The fraction of sp³-hybridized carbons (Fsp3) is 0.667. The third-order valence-electron chi connectivity index (χ3n) is 4.64. The minimum atomic E-state index is 0.334. The van der Waals surface area contributed by atoms with E-state index in [9.17, 15) is 0 Å². The van der Waals surface area contributed by atoms with Crippen LogP contribution in [0.3, 0.4) is 0 Å². The highest BCUT2D eigenvalue weighted by Crippen LogP contribution is 2.28. The van der Waals surface area contributed by atoms with Gasteiger partial charge in [0.05, 0.1) is 0 Å². The van der Waals surface area contributed by atoms with E-state index in [0.29, 0.717) is 12.1 Å². The first-order chi connectivity index (χ1) is 10.3. The van der Waals surface area contributed by atoms with Gasteiger partial charge in [-0.25, -0.2) is 0 Å². The van der Waals surface area contributed by atoms with E-state index in [0.717, 1.165) is 18.7 Å². The van der Waals surface area contributed by atoms with Crippen molar-refractivity contribution in [2.24, 2.45) is 0 Å². The Kier molecular flexibility index (Phi) is 5.15. The molecule has 3 rings (SSSR count). The van der Waals surface area contributed by atoms with Crippen molar-refractivity contribution < 1.29 is 4.74 Å². The Morgan fingerprint density at radius 1 is 1.29 bits per heavy atom. The molecule has 2 heterocycles. The highest BCUT2D eigenvalue weighted by atomic mass is 16.5. The molecule has 0 saturated carbocycles. The molecule has 1 saturated heterocycles. The fourth-order valence-electron chi connectivity index (χ4n) is 3.51. The van der Waals surface area contributed by atoms with Crippen LogP contribution >= 0.6 is 0 Å². The van der Waals surface area contributed by atoms with Crippen LogP contribution in [0.1, 0.15) is 38.2 Å². The Balaban J connectivity index is 1.54. The summed E-state index contributed by atoms with van der Waals surface area (Å²) in [4.78, 5) is 2.61. The second-order valence-corrected chi connectivity index (χ2v) is 6.46. The van der Waals surface area contributed by atoms with Crippen LogP contribution < -0.4 is 10.1 Å². The molecule has 2 aliphatic heterocycles. The number of para-hydroxylation sites is 1. The monoisotopic (exact) mass is 288 g/mol. The largest absolute Gasteiger partial charge is 0.488 e. The Hall–Kier alpha value is -1.06. The summed E-state index contributed by atoms with van der Waals surface area (Å²) in [6, 6.07) is 9.17. The van der Waals surface area contributed by atoms with Crippen molar-refractivity contribution in [1.82, 2.24) is 10.2 Å². The molecule has 0 aliphatic carbocycles. The van der Waals surface area contributed by atoms with Crippen molar-refractivity contribution in [1.29, 1.82) is 0 Å². The first kappa shape index (κ1) is 14.9. The average molecular weight is 288 g/mol. The van der Waals surface area contributed by atoms with Gasteiger partial charge in [-0.05, 0) is 44.0 Å². The minimum absolute atomic E-state index is 0.334. The van der Waals surface area contributed by atoms with Crippen molar-refractivity contribution in [2.45, 2.75) is 51.2 Å². The molecule has 1 aromatic carbocycles. The van der Waals surface area contributed by atoms with Crippen LogP contribution in [0.5, 0.6) is 5.75 Å². The Bertz CT molecular complexity index is 418. The molecule has 1 N–H and O–H groups in total. The van der Waals surface area contributed by atoms with E-state index in [1.54, 1.807) is 0 Å². The molecule has 0 amide bonds. The molecule has 1 aromatic rings. The number of rotatable bonds is 7. The van der Waals surface area contributed by atoms with E-state index in [1.807, 2.05) is 0 Å². The van der Waals surface area contributed by atoms with Gasteiger partial charge < -0.3 is 10.1 Å². The molecule has 0 radical (unpaired) electrons. The number of hydrogen-bond donors (Lipinski definition) is 1. The molecule has 2 unspecified atom stereocenters. The third kappa shape index (κ3) is 3.98. The normalized spacial score (nSPS) is 24.3. The van der Waals surface area contributed by atoms with Crippen LogP contribution in [0.25, 0.3) is 0 Å². The van der Waals surface area contributed by atoms with Crippen LogP contribution in [-0.4, -0.2) is 43.2 Å². The number of unbranched alkanes of at least 4 members (excludes halogenated alkanes) is 1. The molecule has 2 aliphatic rings. The van der Waals surface area contributed by atoms with Gasteiger partial charge >= 0.3 is 0 Å². The molecule has 21 heavy (non-hydrogen) atoms. The quantitative estimate of drug-likeness (QED) is 0.835. The number of fused-ring (bicyclic) bond motifs is 1. The second kappa shape index (κ2) is 7.28. The smallest absolute Gasteiger partial charge is 0.123 e. The Labute approximate surface area is 128 Å². The topological polar surface area (TPSA) is 24.5 Å². The maximum Gasteiger partial charge on any atom is 0.123 e. The van der Waals surface area contributed by atoms with E-state index in [4.69, 9.17) is 4.74 Å². The third-order valence-corrected chi connectivity index (χ3v) is 4.64. The summed E-state index contributed by atoms with van der Waals surface area (Å²) in [6.07, 6.45) is 6.61. The number of hydrogen-bond acceptors (Lipinski definition) is 3. The van der Waals surface area contributed by atoms with E-state index < -0.39 is 0 Å². The fourth-order valence-corrected chi connectivity index (χ4v) is 3.51. The van der Waals surface area contributed by atoms with Crippen LogP contribution in [-0.2, 0) is 6.42 Å². The van der Waals surface area contributed by atoms with Crippen molar-refractivity contribution in [3.05, 3.63) is 29.8 Å². The van der Waals surface area contributed by atoms with Gasteiger partial charge in [0.1, 0.15) is 11.9 Å². The first-order valence-corrected chi connectivity index (χ1v) is 8.55. The van der Waals surface area contributed by atoms with Gasteiger partial charge in [-0.3, -0.25) is 4.90 Å². The van der Waals surface area contributed by atoms with Gasteiger partial charge in [-0.1, -0.05) is 31.5 Å². The van der Waals surface area contributed by atoms with E-state index in [1.165, 1.54) is 50.9 Å². The summed E-state index contributed by atoms with van der Waals surface area (Å²) < 4.78 is 6.12. The minimum Gasteiger partial charge on any atom is -0.488 e. The lowest BCUT2D eigenvalue weighted by atomic mass is 10.1. The molecule has 3 heteroatoms. The molecule has 0 aromatic heterocycles. The first-order valence-electron chi connectivity index (χ1n) is 8.55. The van der Waals surface area contributed by atoms with Crippen LogP contribution in [0.2, 0.25) is 0 Å². The molecular weight excluding hydrogens is 260 g/mol. The zero-order chi connectivity index (χ0) is 14.5. The summed E-state index contributed by atoms with van der Waals surface area (Å²) in [7, 11) is 0. The van der Waals surface area contributed by atoms with Crippen molar-refractivity contribution in [2.75, 3.05) is 26.2 Å². The number of nitrogens with one attached hydrogen (secondary N) is 1. The van der Waals surface area contributed by atoms with E-state index >= 15 is 0 Å². The lowest BCUT2D eigenvalue weighted by molar-refractivity contribution is 0.141. The van der Waals surface area contributed by atoms with Crippen LogP contribution in [0.4, 0.5) is 0 Å². The van der Waals surface area contributed by atoms with Gasteiger partial charge in [0.25, 0.3) is 0 Å². The van der Waals surface area contributed by atoms with E-state index in [-0.39, 0.29) is 0 Å². The Morgan fingerprint density at radius 2 is 2.19 bits per heavy atom. The van der Waals surface area contributed by atoms with Crippen LogP contribution in [0.15, 0.2) is 24.3 Å². The van der Waals surface area contributed by atoms with Crippen LogP contribution in [0, 0.1) is 0 Å². The summed E-state index contributed by atoms with van der Waals surface area (Å²) >= 11 is 0. The molecule has 3 nitrogen and oxygen atoms in total. The summed E-state index contributed by atoms with van der Waals surface area (Å²) in [6.45, 7) is 6.90. The molecule has 0 bridgehead atoms. The summed E-state index contributed by atoms with van der Waals surface area (Å²) in [5, 5.41) is 3.62. The molecular formula is C18H28N2O. The summed E-state index contributed by atoms with van der Waals surface area (Å²) in [5.41, 5.74) is 1.37. The summed E-state index contributed by atoms with van der Waals surface area (Å²) in [5.74, 6) is 1.09. The van der Waals surface area contributed by atoms with Crippen molar-refractivity contribution in [3.8, 4) is 5.75 Å². The zero-order valence-corrected chi connectivity index (χ0v) is 13.2. The molecule has 0 spiro atoms. The Morgan fingerprint density at radius 3 is 2.95 bits per heavy atom. The maximum absolute atomic E-state index is 6.12. The second-order valence-electron chi connectivity index (χ2n) is 6.46. The lowest BCUT2D eigenvalue weighted by Crippen LogP contribution is -2.42. The number of ether oxygens (including phenoxy) is 1. The zero-order valence-electron chi connectivity index (χ0n) is 13.2. The van der Waals surface area contributed by atoms with E-state index in [2.05, 4.69) is 41.4 Å². The molecule has 116 valence electrons. The van der Waals surface area contributed by atoms with Gasteiger partial charge in [0.2, 0.25) is 0 Å². The molecule has 1 fully saturated rings. The average Bonchev–Trinajstić information content (AvgIpc) is 3.13. The SMILES string of the molecule is CCCCN(CC1CCCN1)CC1Cc2ccccc2O1. The van der Waals surface area contributed by atoms with Gasteiger partial charge in [-0.2, -0.15) is 0 Å². The van der Waals surface area contributed by atoms with Gasteiger partial charge in [0.15, 0.2) is 0 Å².